The molecule has 15 heteroatoms. The lowest BCUT2D eigenvalue weighted by Gasteiger charge is -2.26. The minimum absolute atomic E-state index is 0.0112. The van der Waals surface area contributed by atoms with Gasteiger partial charge in [-0.1, -0.05) is 26.0 Å². The van der Waals surface area contributed by atoms with Gasteiger partial charge in [0.05, 0.1) is 12.5 Å². The predicted octanol–water partition coefficient (Wildman–Crippen LogP) is -2.61. The molecule has 1 aromatic rings. The molecule has 0 aliphatic rings. The smallest absolute Gasteiger partial charge is 0.326 e. The Balaban J connectivity index is 3.19. The summed E-state index contributed by atoms with van der Waals surface area (Å²) >= 11 is 0. The molecule has 4 atom stereocenters. The van der Waals surface area contributed by atoms with Crippen molar-refractivity contribution in [3.8, 4) is 5.75 Å². The van der Waals surface area contributed by atoms with Crippen molar-refractivity contribution >= 4 is 35.6 Å². The standard InChI is InChI=1S/C24H38N8O7/c1-12(2)19(23(38)39)32-21(36)16(4-3-9-29-24(27)28)30-22(37)17(10-13-5-7-14(33)8-6-13)31-20(35)15(25)11-18(26)34/h5-8,12,15-17,19,33H,3-4,9-11,25H2,1-2H3,(H2,26,34)(H,30,37)(H,31,35)(H,32,36)(H,38,39)(H4,27,28,29). The van der Waals surface area contributed by atoms with Gasteiger partial charge in [-0.2, -0.15) is 0 Å². The first-order chi connectivity index (χ1) is 18.2. The van der Waals surface area contributed by atoms with E-state index in [-0.39, 0.29) is 37.5 Å². The summed E-state index contributed by atoms with van der Waals surface area (Å²) in [6.45, 7) is 3.37. The second-order valence-electron chi connectivity index (χ2n) is 9.29. The van der Waals surface area contributed by atoms with E-state index < -0.39 is 66.1 Å². The molecule has 4 unspecified atom stereocenters. The molecule has 39 heavy (non-hydrogen) atoms. The number of primary amides is 1. The van der Waals surface area contributed by atoms with Gasteiger partial charge in [0.25, 0.3) is 0 Å². The number of hydrogen-bond donors (Lipinski definition) is 9. The number of carboxylic acids is 1. The van der Waals surface area contributed by atoms with Gasteiger partial charge < -0.3 is 49.1 Å². The summed E-state index contributed by atoms with van der Waals surface area (Å²) in [6, 6.07) is 0.855. The van der Waals surface area contributed by atoms with Gasteiger partial charge in [-0.3, -0.25) is 24.2 Å². The van der Waals surface area contributed by atoms with Gasteiger partial charge >= 0.3 is 5.97 Å². The highest BCUT2D eigenvalue weighted by molar-refractivity contribution is 5.95. The zero-order chi connectivity index (χ0) is 29.7. The summed E-state index contributed by atoms with van der Waals surface area (Å²) in [5, 5.41) is 26.4. The zero-order valence-corrected chi connectivity index (χ0v) is 21.9. The summed E-state index contributed by atoms with van der Waals surface area (Å²) in [7, 11) is 0. The van der Waals surface area contributed by atoms with Crippen LogP contribution in [0, 0.1) is 5.92 Å². The second-order valence-corrected chi connectivity index (χ2v) is 9.29. The molecule has 0 aliphatic carbocycles. The topological polar surface area (TPSA) is 278 Å². The molecule has 13 N–H and O–H groups in total. The molecule has 0 aromatic heterocycles. The van der Waals surface area contributed by atoms with Gasteiger partial charge in [0.15, 0.2) is 5.96 Å². The molecule has 0 saturated carbocycles. The molecule has 0 radical (unpaired) electrons. The average molecular weight is 551 g/mol. The van der Waals surface area contributed by atoms with Crippen LogP contribution in [0.4, 0.5) is 0 Å². The third-order valence-electron chi connectivity index (χ3n) is 5.58. The number of hydrogen-bond acceptors (Lipinski definition) is 8. The van der Waals surface area contributed by atoms with Crippen molar-refractivity contribution in [1.29, 1.82) is 0 Å². The summed E-state index contributed by atoms with van der Waals surface area (Å²) in [4.78, 5) is 65.6. The lowest BCUT2D eigenvalue weighted by Crippen LogP contribution is -2.58. The maximum absolute atomic E-state index is 13.3. The number of nitrogens with zero attached hydrogens (tertiary/aromatic N) is 1. The number of aliphatic imine (C=N–C) groups is 1. The molecule has 0 spiro atoms. The van der Waals surface area contributed by atoms with Crippen LogP contribution in [0.1, 0.15) is 38.7 Å². The molecule has 216 valence electrons. The minimum Gasteiger partial charge on any atom is -0.508 e. The summed E-state index contributed by atoms with van der Waals surface area (Å²) < 4.78 is 0. The van der Waals surface area contributed by atoms with Crippen molar-refractivity contribution in [3.05, 3.63) is 29.8 Å². The second kappa shape index (κ2) is 15.8. The van der Waals surface area contributed by atoms with E-state index in [0.717, 1.165) is 0 Å². The van der Waals surface area contributed by atoms with E-state index in [0.29, 0.717) is 5.56 Å². The first-order valence-corrected chi connectivity index (χ1v) is 12.2. The number of amides is 4. The first-order valence-electron chi connectivity index (χ1n) is 12.2. The Kier molecular flexibility index (Phi) is 13.2. The van der Waals surface area contributed by atoms with Gasteiger partial charge in [0.2, 0.25) is 23.6 Å². The van der Waals surface area contributed by atoms with Gasteiger partial charge in [-0.15, -0.1) is 0 Å². The predicted molar refractivity (Wildman–Crippen MR) is 142 cm³/mol. The maximum Gasteiger partial charge on any atom is 0.326 e. The lowest BCUT2D eigenvalue weighted by molar-refractivity contribution is -0.143. The number of benzene rings is 1. The Morgan fingerprint density at radius 2 is 1.46 bits per heavy atom. The first kappa shape index (κ1) is 32.6. The lowest BCUT2D eigenvalue weighted by atomic mass is 10.0. The number of aromatic hydroxyl groups is 1. The monoisotopic (exact) mass is 550 g/mol. The van der Waals surface area contributed by atoms with Crippen LogP contribution >= 0.6 is 0 Å². The van der Waals surface area contributed by atoms with Crippen molar-refractivity contribution in [1.82, 2.24) is 16.0 Å². The van der Waals surface area contributed by atoms with Crippen LogP contribution < -0.4 is 38.9 Å². The van der Waals surface area contributed by atoms with Crippen molar-refractivity contribution in [2.75, 3.05) is 6.54 Å². The number of phenols is 1. The van der Waals surface area contributed by atoms with E-state index >= 15 is 0 Å². The molecule has 4 amide bonds. The van der Waals surface area contributed by atoms with Crippen LogP contribution in [0.15, 0.2) is 29.3 Å². The summed E-state index contributed by atoms with van der Waals surface area (Å²) in [5.74, 6) is -5.03. The number of aliphatic carboxylic acids is 1. The highest BCUT2D eigenvalue weighted by Crippen LogP contribution is 2.12. The zero-order valence-electron chi connectivity index (χ0n) is 21.9. The van der Waals surface area contributed by atoms with Gasteiger partial charge in [0.1, 0.15) is 23.9 Å². The summed E-state index contributed by atoms with van der Waals surface area (Å²) in [6.07, 6.45) is -0.220. The van der Waals surface area contributed by atoms with E-state index in [9.17, 15) is 34.2 Å². The molecular weight excluding hydrogens is 512 g/mol. The fourth-order valence-electron chi connectivity index (χ4n) is 3.48. The highest BCUT2D eigenvalue weighted by atomic mass is 16.4. The van der Waals surface area contributed by atoms with Gasteiger partial charge in [0, 0.05) is 13.0 Å². The van der Waals surface area contributed by atoms with Gasteiger partial charge in [-0.25, -0.2) is 4.79 Å². The quantitative estimate of drug-likeness (QED) is 0.0587. The van der Waals surface area contributed by atoms with Gasteiger partial charge in [-0.05, 0) is 36.5 Å². The van der Waals surface area contributed by atoms with E-state index in [4.69, 9.17) is 22.9 Å². The molecule has 15 nitrogen and oxygen atoms in total. The normalized spacial score (nSPS) is 13.8. The largest absolute Gasteiger partial charge is 0.508 e. The van der Waals surface area contributed by atoms with Crippen molar-refractivity contribution in [2.45, 2.75) is 63.7 Å². The molecule has 0 saturated heterocycles. The minimum atomic E-state index is -1.32. The molecule has 0 heterocycles. The van der Waals surface area contributed by atoms with Crippen molar-refractivity contribution in [2.24, 2.45) is 33.8 Å². The van der Waals surface area contributed by atoms with Crippen LogP contribution in [0.2, 0.25) is 0 Å². The van der Waals surface area contributed by atoms with Crippen molar-refractivity contribution in [3.63, 3.8) is 0 Å². The molecule has 1 aromatic carbocycles. The molecular formula is C24H38N8O7. The van der Waals surface area contributed by atoms with E-state index in [2.05, 4.69) is 20.9 Å². The van der Waals surface area contributed by atoms with Crippen LogP contribution in [0.3, 0.4) is 0 Å². The number of nitrogens with two attached hydrogens (primary N) is 4. The number of phenolic OH excluding ortho intramolecular Hbond substituents is 1. The molecule has 0 fully saturated rings. The molecule has 1 rings (SSSR count). The third-order valence-corrected chi connectivity index (χ3v) is 5.58. The number of carbonyl (C=O) groups is 5. The Labute approximate surface area is 225 Å². The Hall–Kier alpha value is -4.40. The Morgan fingerprint density at radius 1 is 0.897 bits per heavy atom. The van der Waals surface area contributed by atoms with E-state index in [1.165, 1.54) is 24.3 Å². The van der Waals surface area contributed by atoms with Crippen LogP contribution in [0.5, 0.6) is 5.75 Å². The Bertz CT molecular complexity index is 1040. The van der Waals surface area contributed by atoms with E-state index in [1.807, 2.05) is 0 Å². The summed E-state index contributed by atoms with van der Waals surface area (Å²) in [5.41, 5.74) is 22.0. The fraction of sp³-hybridized carbons (Fsp3) is 0.500. The molecule has 0 aliphatic heterocycles. The van der Waals surface area contributed by atoms with Crippen LogP contribution in [0.25, 0.3) is 0 Å². The molecule has 0 bridgehead atoms. The highest BCUT2D eigenvalue weighted by Gasteiger charge is 2.31. The SMILES string of the molecule is CC(C)C(NC(=O)C(CCCN=C(N)N)NC(=O)C(Cc1ccc(O)cc1)NC(=O)C(N)CC(N)=O)C(=O)O. The third kappa shape index (κ3) is 12.1. The Morgan fingerprint density at radius 3 is 1.97 bits per heavy atom. The van der Waals surface area contributed by atoms with E-state index in [1.54, 1.807) is 13.8 Å². The number of rotatable bonds is 16. The number of nitrogens with one attached hydrogen (secondary N) is 3. The number of carboxylic acid groups (broad SMARTS) is 1. The van der Waals surface area contributed by atoms with Crippen molar-refractivity contribution < 1.29 is 34.2 Å². The number of carbonyl (C=O) groups excluding carboxylic acids is 4. The van der Waals surface area contributed by atoms with Crippen LogP contribution in [-0.2, 0) is 30.4 Å². The fourth-order valence-corrected chi connectivity index (χ4v) is 3.48. The average Bonchev–Trinajstić information content (AvgIpc) is 2.83. The number of guanidine groups is 1. The maximum atomic E-state index is 13.3. The van der Waals surface area contributed by atoms with Crippen LogP contribution in [-0.4, -0.2) is 76.5 Å².